The van der Waals surface area contributed by atoms with Crippen LogP contribution in [0.2, 0.25) is 0 Å². The molecule has 1 saturated heterocycles. The summed E-state index contributed by atoms with van der Waals surface area (Å²) in [6.45, 7) is 3.45. The van der Waals surface area contributed by atoms with Crippen molar-refractivity contribution in [2.24, 2.45) is 5.73 Å². The van der Waals surface area contributed by atoms with E-state index in [0.717, 1.165) is 0 Å². The van der Waals surface area contributed by atoms with Gasteiger partial charge in [0, 0.05) is 12.8 Å². The number of primary amides is 1. The number of fused-ring (bicyclic) bond motifs is 1. The molecule has 0 radical (unpaired) electrons. The largest absolute Gasteiger partial charge is 0.390 e. The Morgan fingerprint density at radius 3 is 2.56 bits per heavy atom. The molecule has 2 aliphatic rings. The molecule has 1 amide bonds. The van der Waals surface area contributed by atoms with E-state index in [9.17, 15) is 15.0 Å². The summed E-state index contributed by atoms with van der Waals surface area (Å²) in [7, 11) is 0. The molecule has 0 aromatic carbocycles. The van der Waals surface area contributed by atoms with E-state index < -0.39 is 35.6 Å². The van der Waals surface area contributed by atoms with Crippen molar-refractivity contribution in [3.63, 3.8) is 0 Å². The number of hydrogen-bond acceptors (Lipinski definition) is 5. The SMILES string of the molecule is CC1(C)OC2C[C@](O)(C(N)=O)C[C@H](O)[C@H]2O1. The topological polar surface area (TPSA) is 102 Å². The first-order valence-corrected chi connectivity index (χ1v) is 5.29. The predicted molar refractivity (Wildman–Crippen MR) is 53.2 cm³/mol. The van der Waals surface area contributed by atoms with Gasteiger partial charge >= 0.3 is 0 Å². The van der Waals surface area contributed by atoms with Crippen molar-refractivity contribution >= 4 is 5.91 Å². The third-order valence-corrected chi connectivity index (χ3v) is 3.15. The molecule has 1 aliphatic carbocycles. The maximum Gasteiger partial charge on any atom is 0.249 e. The molecule has 4 atom stereocenters. The van der Waals surface area contributed by atoms with Gasteiger partial charge in [-0.15, -0.1) is 0 Å². The molecule has 2 fully saturated rings. The van der Waals surface area contributed by atoms with E-state index in [0.29, 0.717) is 0 Å². The predicted octanol–water partition coefficient (Wildman–Crippen LogP) is -1.12. The summed E-state index contributed by atoms with van der Waals surface area (Å²) in [6.07, 6.45) is -2.00. The summed E-state index contributed by atoms with van der Waals surface area (Å²) >= 11 is 0. The maximum atomic E-state index is 11.1. The van der Waals surface area contributed by atoms with Gasteiger partial charge in [-0.05, 0) is 13.8 Å². The van der Waals surface area contributed by atoms with Crippen molar-refractivity contribution in [2.75, 3.05) is 0 Å². The summed E-state index contributed by atoms with van der Waals surface area (Å²) in [5, 5.41) is 19.8. The molecular weight excluding hydrogens is 214 g/mol. The van der Waals surface area contributed by atoms with Gasteiger partial charge in [-0.1, -0.05) is 0 Å². The quantitative estimate of drug-likeness (QED) is 0.530. The Labute approximate surface area is 93.3 Å². The summed E-state index contributed by atoms with van der Waals surface area (Å²) in [4.78, 5) is 11.1. The van der Waals surface area contributed by atoms with Crippen LogP contribution in [0, 0.1) is 0 Å². The van der Waals surface area contributed by atoms with Crippen molar-refractivity contribution in [1.82, 2.24) is 0 Å². The van der Waals surface area contributed by atoms with Crippen LogP contribution in [0.4, 0.5) is 0 Å². The molecule has 0 spiro atoms. The molecule has 0 aromatic rings. The van der Waals surface area contributed by atoms with Crippen molar-refractivity contribution in [2.45, 2.75) is 56.4 Å². The molecule has 4 N–H and O–H groups in total. The summed E-state index contributed by atoms with van der Waals surface area (Å²) in [5.41, 5.74) is 3.41. The molecule has 1 heterocycles. The summed E-state index contributed by atoms with van der Waals surface area (Å²) in [5.74, 6) is -1.64. The second-order valence-corrected chi connectivity index (χ2v) is 5.01. The minimum Gasteiger partial charge on any atom is -0.390 e. The lowest BCUT2D eigenvalue weighted by Crippen LogP contribution is -2.57. The van der Waals surface area contributed by atoms with Gasteiger partial charge in [0.2, 0.25) is 5.91 Å². The van der Waals surface area contributed by atoms with Crippen LogP contribution in [0.5, 0.6) is 0 Å². The molecule has 1 unspecified atom stereocenters. The average molecular weight is 231 g/mol. The minimum atomic E-state index is -1.70. The van der Waals surface area contributed by atoms with Gasteiger partial charge in [-0.2, -0.15) is 0 Å². The van der Waals surface area contributed by atoms with E-state index in [2.05, 4.69) is 0 Å². The Kier molecular flexibility index (Phi) is 2.50. The van der Waals surface area contributed by atoms with Gasteiger partial charge < -0.3 is 25.4 Å². The summed E-state index contributed by atoms with van der Waals surface area (Å²) in [6, 6.07) is 0. The fourth-order valence-corrected chi connectivity index (χ4v) is 2.43. The lowest BCUT2D eigenvalue weighted by molar-refractivity contribution is -0.155. The molecule has 6 heteroatoms. The first kappa shape index (κ1) is 11.8. The normalized spacial score (nSPS) is 46.4. The van der Waals surface area contributed by atoms with Crippen LogP contribution in [0.25, 0.3) is 0 Å². The fraction of sp³-hybridized carbons (Fsp3) is 0.900. The van der Waals surface area contributed by atoms with E-state index in [1.54, 1.807) is 13.8 Å². The molecule has 1 saturated carbocycles. The Morgan fingerprint density at radius 1 is 1.38 bits per heavy atom. The van der Waals surface area contributed by atoms with Gasteiger partial charge in [-0.3, -0.25) is 4.79 Å². The number of ether oxygens (including phenoxy) is 2. The monoisotopic (exact) mass is 231 g/mol. The number of carbonyl (C=O) groups is 1. The van der Waals surface area contributed by atoms with Gasteiger partial charge in [0.1, 0.15) is 11.7 Å². The molecule has 0 bridgehead atoms. The second kappa shape index (κ2) is 3.40. The third kappa shape index (κ3) is 1.82. The Hall–Kier alpha value is -0.690. The van der Waals surface area contributed by atoms with E-state index in [1.165, 1.54) is 0 Å². The highest BCUT2D eigenvalue weighted by molar-refractivity contribution is 5.83. The van der Waals surface area contributed by atoms with E-state index in [-0.39, 0.29) is 12.8 Å². The van der Waals surface area contributed by atoms with E-state index >= 15 is 0 Å². The number of hydrogen-bond donors (Lipinski definition) is 3. The first-order valence-electron chi connectivity index (χ1n) is 5.29. The smallest absolute Gasteiger partial charge is 0.249 e. The van der Waals surface area contributed by atoms with Gasteiger partial charge in [0.05, 0.1) is 12.2 Å². The highest BCUT2D eigenvalue weighted by Crippen LogP contribution is 2.40. The van der Waals surface area contributed by atoms with Crippen molar-refractivity contribution in [1.29, 1.82) is 0 Å². The van der Waals surface area contributed by atoms with E-state index in [4.69, 9.17) is 15.2 Å². The Balaban J connectivity index is 2.19. The molecule has 2 rings (SSSR count). The lowest BCUT2D eigenvalue weighted by atomic mass is 9.79. The zero-order valence-corrected chi connectivity index (χ0v) is 9.34. The van der Waals surface area contributed by atoms with Gasteiger partial charge in [-0.25, -0.2) is 0 Å². The Morgan fingerprint density at radius 2 is 2.00 bits per heavy atom. The van der Waals surface area contributed by atoms with Crippen LogP contribution in [-0.4, -0.2) is 45.8 Å². The van der Waals surface area contributed by atoms with Gasteiger partial charge in [0.25, 0.3) is 0 Å². The number of carbonyl (C=O) groups excluding carboxylic acids is 1. The van der Waals surface area contributed by atoms with Gasteiger partial charge in [0.15, 0.2) is 5.79 Å². The Bertz CT molecular complexity index is 318. The number of aliphatic hydroxyl groups excluding tert-OH is 1. The minimum absolute atomic E-state index is 0.0630. The van der Waals surface area contributed by atoms with Crippen molar-refractivity contribution in [3.8, 4) is 0 Å². The number of aliphatic hydroxyl groups is 2. The van der Waals surface area contributed by atoms with Crippen molar-refractivity contribution < 1.29 is 24.5 Å². The standard InChI is InChI=1S/C10H17NO5/c1-9(2)15-6-4-10(14,8(11)13)3-5(12)7(6)16-9/h5-7,12,14H,3-4H2,1-2H3,(H2,11,13)/t5-,6?,7+,10-/m0/s1. The van der Waals surface area contributed by atoms with E-state index in [1.807, 2.05) is 0 Å². The zero-order valence-electron chi connectivity index (χ0n) is 9.34. The van der Waals surface area contributed by atoms with Crippen molar-refractivity contribution in [3.05, 3.63) is 0 Å². The van der Waals surface area contributed by atoms with Crippen LogP contribution in [0.15, 0.2) is 0 Å². The number of nitrogens with two attached hydrogens (primary N) is 1. The first-order chi connectivity index (χ1) is 7.23. The highest BCUT2D eigenvalue weighted by atomic mass is 16.8. The second-order valence-electron chi connectivity index (χ2n) is 5.01. The number of rotatable bonds is 1. The number of amides is 1. The fourth-order valence-electron chi connectivity index (χ4n) is 2.43. The molecular formula is C10H17NO5. The molecule has 16 heavy (non-hydrogen) atoms. The molecule has 6 nitrogen and oxygen atoms in total. The van der Waals surface area contributed by atoms with Crippen LogP contribution >= 0.6 is 0 Å². The third-order valence-electron chi connectivity index (χ3n) is 3.15. The molecule has 1 aliphatic heterocycles. The summed E-state index contributed by atoms with van der Waals surface area (Å²) < 4.78 is 11.0. The average Bonchev–Trinajstić information content (AvgIpc) is 2.39. The van der Waals surface area contributed by atoms with Crippen LogP contribution < -0.4 is 5.73 Å². The van der Waals surface area contributed by atoms with Crippen LogP contribution in [0.1, 0.15) is 26.7 Å². The lowest BCUT2D eigenvalue weighted by Gasteiger charge is -2.37. The molecule has 92 valence electrons. The highest BCUT2D eigenvalue weighted by Gasteiger charge is 2.55. The van der Waals surface area contributed by atoms with Crippen LogP contribution in [-0.2, 0) is 14.3 Å². The molecule has 0 aromatic heterocycles. The maximum absolute atomic E-state index is 11.1. The van der Waals surface area contributed by atoms with Crippen LogP contribution in [0.3, 0.4) is 0 Å². The zero-order chi connectivity index (χ0) is 12.1.